The van der Waals surface area contributed by atoms with Gasteiger partial charge in [-0.15, -0.1) is 0 Å². The number of amides is 1. The van der Waals surface area contributed by atoms with Crippen molar-refractivity contribution in [3.8, 4) is 5.75 Å². The molecule has 0 bridgehead atoms. The van der Waals surface area contributed by atoms with Gasteiger partial charge in [-0.2, -0.15) is 0 Å². The lowest BCUT2D eigenvalue weighted by Crippen LogP contribution is -2.29. The Bertz CT molecular complexity index is 881. The summed E-state index contributed by atoms with van der Waals surface area (Å²) in [6.07, 6.45) is 0.634. The Labute approximate surface area is 175 Å². The van der Waals surface area contributed by atoms with E-state index in [2.05, 4.69) is 5.32 Å². The average molecular weight is 420 g/mol. The number of halogens is 1. The molecule has 0 aromatic heterocycles. The minimum Gasteiger partial charge on any atom is -0.493 e. The lowest BCUT2D eigenvalue weighted by atomic mass is 10.0. The highest BCUT2D eigenvalue weighted by atomic mass is 35.5. The fourth-order valence-electron chi connectivity index (χ4n) is 2.74. The zero-order valence-electron chi connectivity index (χ0n) is 17.0. The number of methoxy groups -OCH3 is 1. The fourth-order valence-corrected chi connectivity index (χ4v) is 2.91. The largest absolute Gasteiger partial charge is 0.493 e. The van der Waals surface area contributed by atoms with Crippen molar-refractivity contribution in [1.29, 1.82) is 0 Å². The summed E-state index contributed by atoms with van der Waals surface area (Å²) in [5.41, 5.74) is 0.598. The van der Waals surface area contributed by atoms with Crippen LogP contribution in [0.3, 0.4) is 0 Å². The van der Waals surface area contributed by atoms with Crippen LogP contribution < -0.4 is 10.1 Å². The van der Waals surface area contributed by atoms with Crippen LogP contribution in [0.4, 0.5) is 0 Å². The number of carboxylic acid groups (broad SMARTS) is 1. The standard InChI is InChI=1S/C22H26ClNO5/c1-14(16-7-5-6-8-17(16)21(26)27)24-20(25)18-13-15(23)9-10-19(18)29-12-11-22(2,3)28-4/h5-10,13-14H,11-12H2,1-4H3,(H,24,25)(H,26,27)/t14-/m0/s1. The first kappa shape index (κ1) is 22.7. The number of carbonyl (C=O) groups is 2. The monoisotopic (exact) mass is 419 g/mol. The Morgan fingerprint density at radius 3 is 2.52 bits per heavy atom. The van der Waals surface area contributed by atoms with Gasteiger partial charge in [0.25, 0.3) is 5.91 Å². The second-order valence-electron chi connectivity index (χ2n) is 7.29. The minimum absolute atomic E-state index is 0.143. The van der Waals surface area contributed by atoms with Crippen LogP contribution in [0.1, 0.15) is 59.5 Å². The molecule has 0 saturated heterocycles. The summed E-state index contributed by atoms with van der Waals surface area (Å²) in [6, 6.07) is 10.9. The third-order valence-electron chi connectivity index (χ3n) is 4.71. The summed E-state index contributed by atoms with van der Waals surface area (Å²) in [5, 5.41) is 12.6. The van der Waals surface area contributed by atoms with Gasteiger partial charge in [0.1, 0.15) is 5.75 Å². The van der Waals surface area contributed by atoms with E-state index < -0.39 is 17.9 Å². The van der Waals surface area contributed by atoms with Gasteiger partial charge in [0, 0.05) is 18.6 Å². The summed E-state index contributed by atoms with van der Waals surface area (Å²) in [6.45, 7) is 5.99. The van der Waals surface area contributed by atoms with E-state index in [0.717, 1.165) is 0 Å². The molecular formula is C22H26ClNO5. The molecule has 2 N–H and O–H groups in total. The zero-order chi connectivity index (χ0) is 21.6. The molecule has 29 heavy (non-hydrogen) atoms. The molecule has 156 valence electrons. The van der Waals surface area contributed by atoms with Gasteiger partial charge in [-0.05, 0) is 50.6 Å². The first-order valence-electron chi connectivity index (χ1n) is 9.25. The molecule has 2 rings (SSSR count). The predicted molar refractivity (Wildman–Crippen MR) is 112 cm³/mol. The number of benzene rings is 2. The molecule has 0 spiro atoms. The zero-order valence-corrected chi connectivity index (χ0v) is 17.7. The van der Waals surface area contributed by atoms with Crippen molar-refractivity contribution < 1.29 is 24.2 Å². The van der Waals surface area contributed by atoms with E-state index in [1.54, 1.807) is 44.4 Å². The van der Waals surface area contributed by atoms with E-state index in [9.17, 15) is 14.7 Å². The number of carboxylic acids is 1. The maximum Gasteiger partial charge on any atom is 0.336 e. The highest BCUT2D eigenvalue weighted by Crippen LogP contribution is 2.26. The second-order valence-corrected chi connectivity index (χ2v) is 7.73. The van der Waals surface area contributed by atoms with E-state index in [1.807, 2.05) is 13.8 Å². The first-order valence-corrected chi connectivity index (χ1v) is 9.63. The number of nitrogens with one attached hydrogen (secondary N) is 1. The van der Waals surface area contributed by atoms with Crippen LogP contribution in [0, 0.1) is 0 Å². The molecule has 2 aromatic carbocycles. The quantitative estimate of drug-likeness (QED) is 0.614. The number of hydrogen-bond acceptors (Lipinski definition) is 4. The lowest BCUT2D eigenvalue weighted by molar-refractivity contribution is 0.00540. The van der Waals surface area contributed by atoms with Crippen LogP contribution in [-0.2, 0) is 4.74 Å². The van der Waals surface area contributed by atoms with Crippen LogP contribution in [0.15, 0.2) is 42.5 Å². The topological polar surface area (TPSA) is 84.9 Å². The van der Waals surface area contributed by atoms with E-state index in [-0.39, 0.29) is 16.7 Å². The van der Waals surface area contributed by atoms with Gasteiger partial charge in [0.15, 0.2) is 0 Å². The van der Waals surface area contributed by atoms with E-state index in [0.29, 0.717) is 29.4 Å². The second kappa shape index (κ2) is 9.76. The van der Waals surface area contributed by atoms with Crippen molar-refractivity contribution in [1.82, 2.24) is 5.32 Å². The third-order valence-corrected chi connectivity index (χ3v) is 4.94. The summed E-state index contributed by atoms with van der Waals surface area (Å²) < 4.78 is 11.2. The molecule has 0 aliphatic carbocycles. The van der Waals surface area contributed by atoms with Crippen molar-refractivity contribution >= 4 is 23.5 Å². The molecule has 2 aromatic rings. The van der Waals surface area contributed by atoms with E-state index in [4.69, 9.17) is 21.1 Å². The normalized spacial score (nSPS) is 12.3. The molecule has 0 heterocycles. The van der Waals surface area contributed by atoms with Crippen LogP contribution in [-0.4, -0.2) is 36.3 Å². The molecular weight excluding hydrogens is 394 g/mol. The Kier molecular flexibility index (Phi) is 7.65. The van der Waals surface area contributed by atoms with Crippen molar-refractivity contribution in [2.45, 2.75) is 38.8 Å². The van der Waals surface area contributed by atoms with Gasteiger partial charge in [0.05, 0.1) is 29.4 Å². The Balaban J connectivity index is 2.18. The van der Waals surface area contributed by atoms with Gasteiger partial charge >= 0.3 is 5.97 Å². The van der Waals surface area contributed by atoms with E-state index in [1.165, 1.54) is 12.1 Å². The van der Waals surface area contributed by atoms with Gasteiger partial charge < -0.3 is 19.9 Å². The summed E-state index contributed by atoms with van der Waals surface area (Å²) in [5.74, 6) is -1.05. The van der Waals surface area contributed by atoms with Crippen molar-refractivity contribution in [3.05, 3.63) is 64.2 Å². The molecule has 6 nitrogen and oxygen atoms in total. The molecule has 1 atom stereocenters. The van der Waals surface area contributed by atoms with Crippen LogP contribution in [0.5, 0.6) is 5.75 Å². The van der Waals surface area contributed by atoms with Gasteiger partial charge in [0.2, 0.25) is 0 Å². The molecule has 0 aliphatic rings. The molecule has 0 radical (unpaired) electrons. The average Bonchev–Trinajstić information content (AvgIpc) is 2.68. The smallest absolute Gasteiger partial charge is 0.336 e. The van der Waals surface area contributed by atoms with E-state index >= 15 is 0 Å². The van der Waals surface area contributed by atoms with Crippen molar-refractivity contribution in [2.75, 3.05) is 13.7 Å². The number of aromatic carboxylic acids is 1. The molecule has 7 heteroatoms. The fraction of sp³-hybridized carbons (Fsp3) is 0.364. The molecule has 0 unspecified atom stereocenters. The van der Waals surface area contributed by atoms with Crippen LogP contribution >= 0.6 is 11.6 Å². The van der Waals surface area contributed by atoms with Gasteiger partial charge in [-0.3, -0.25) is 4.79 Å². The number of carbonyl (C=O) groups excluding carboxylic acids is 1. The SMILES string of the molecule is COC(C)(C)CCOc1ccc(Cl)cc1C(=O)N[C@@H](C)c1ccccc1C(=O)O. The minimum atomic E-state index is -1.05. The highest BCUT2D eigenvalue weighted by Gasteiger charge is 2.21. The van der Waals surface area contributed by atoms with Crippen molar-refractivity contribution in [2.24, 2.45) is 0 Å². The summed E-state index contributed by atoms with van der Waals surface area (Å²) >= 11 is 6.08. The van der Waals surface area contributed by atoms with Crippen LogP contribution in [0.2, 0.25) is 5.02 Å². The summed E-state index contributed by atoms with van der Waals surface area (Å²) in [7, 11) is 1.64. The molecule has 0 aliphatic heterocycles. The summed E-state index contributed by atoms with van der Waals surface area (Å²) in [4.78, 5) is 24.3. The molecule has 0 saturated carbocycles. The number of hydrogen-bond donors (Lipinski definition) is 2. The van der Waals surface area contributed by atoms with Gasteiger partial charge in [-0.1, -0.05) is 29.8 Å². The highest BCUT2D eigenvalue weighted by molar-refractivity contribution is 6.31. The molecule has 0 fully saturated rings. The molecule has 1 amide bonds. The Morgan fingerprint density at radius 1 is 1.17 bits per heavy atom. The maximum atomic E-state index is 12.9. The lowest BCUT2D eigenvalue weighted by Gasteiger charge is -2.23. The van der Waals surface area contributed by atoms with Crippen molar-refractivity contribution in [3.63, 3.8) is 0 Å². The Morgan fingerprint density at radius 2 is 1.86 bits per heavy atom. The third kappa shape index (κ3) is 6.21. The number of ether oxygens (including phenoxy) is 2. The van der Waals surface area contributed by atoms with Gasteiger partial charge in [-0.25, -0.2) is 4.79 Å². The number of rotatable bonds is 9. The Hall–Kier alpha value is -2.57. The first-order chi connectivity index (χ1) is 13.6. The maximum absolute atomic E-state index is 12.9. The predicted octanol–water partition coefficient (Wildman–Crippen LogP) is 4.72. The van der Waals surface area contributed by atoms with Crippen LogP contribution in [0.25, 0.3) is 0 Å².